The van der Waals surface area contributed by atoms with Crippen LogP contribution >= 0.6 is 11.3 Å². The molecule has 0 radical (unpaired) electrons. The van der Waals surface area contributed by atoms with Crippen molar-refractivity contribution in [2.45, 2.75) is 12.8 Å². The summed E-state index contributed by atoms with van der Waals surface area (Å²) in [5, 5.41) is 1.50. The van der Waals surface area contributed by atoms with E-state index < -0.39 is 10.0 Å². The number of aryl methyl sites for hydroxylation is 1. The highest BCUT2D eigenvalue weighted by atomic mass is 32.2. The van der Waals surface area contributed by atoms with Crippen LogP contribution in [0.15, 0.2) is 18.2 Å². The third-order valence-corrected chi connectivity index (χ3v) is 6.30. The molecular formula is C17H20N2O4S2. The van der Waals surface area contributed by atoms with E-state index in [-0.39, 0.29) is 0 Å². The highest BCUT2D eigenvalue weighted by Gasteiger charge is 2.27. The lowest BCUT2D eigenvalue weighted by Crippen LogP contribution is -2.33. The lowest BCUT2D eigenvalue weighted by molar-refractivity contribution is 0.354. The number of anilines is 1. The van der Waals surface area contributed by atoms with Crippen LogP contribution in [0, 0.1) is 0 Å². The van der Waals surface area contributed by atoms with Crippen molar-refractivity contribution in [3.05, 3.63) is 34.5 Å². The number of sulfonamides is 1. The third kappa shape index (κ3) is 3.64. The Labute approximate surface area is 151 Å². The van der Waals surface area contributed by atoms with Gasteiger partial charge in [-0.05, 0) is 31.1 Å². The minimum atomic E-state index is -3.27. The molecule has 0 saturated carbocycles. The summed E-state index contributed by atoms with van der Waals surface area (Å²) in [6.45, 7) is 0.515. The van der Waals surface area contributed by atoms with Crippen LogP contribution in [-0.2, 0) is 16.4 Å². The fourth-order valence-electron chi connectivity index (χ4n) is 2.80. The van der Waals surface area contributed by atoms with Gasteiger partial charge in [0.25, 0.3) is 0 Å². The Morgan fingerprint density at radius 1 is 1.24 bits per heavy atom. The number of thiazole rings is 1. The van der Waals surface area contributed by atoms with E-state index in [2.05, 4.69) is 4.98 Å². The van der Waals surface area contributed by atoms with Crippen LogP contribution < -0.4 is 13.8 Å². The Morgan fingerprint density at radius 3 is 2.72 bits per heavy atom. The van der Waals surface area contributed by atoms with Gasteiger partial charge in [0.2, 0.25) is 10.0 Å². The van der Waals surface area contributed by atoms with Gasteiger partial charge < -0.3 is 9.47 Å². The monoisotopic (exact) mass is 380 g/mol. The molecule has 0 bridgehead atoms. The molecule has 3 rings (SSSR count). The van der Waals surface area contributed by atoms with E-state index in [0.29, 0.717) is 18.0 Å². The van der Waals surface area contributed by atoms with Crippen molar-refractivity contribution in [3.63, 3.8) is 0 Å². The summed E-state index contributed by atoms with van der Waals surface area (Å²) in [5.41, 5.74) is 1.72. The number of hydrogen-bond acceptors (Lipinski definition) is 6. The number of methoxy groups -OCH3 is 2. The van der Waals surface area contributed by atoms with E-state index >= 15 is 0 Å². The number of nitrogens with zero attached hydrogens (tertiary/aromatic N) is 2. The number of ether oxygens (including phenoxy) is 2. The first-order valence-electron chi connectivity index (χ1n) is 7.80. The molecule has 0 fully saturated rings. The zero-order chi connectivity index (χ0) is 18.0. The average molecular weight is 380 g/mol. The van der Waals surface area contributed by atoms with Gasteiger partial charge in [-0.2, -0.15) is 0 Å². The van der Waals surface area contributed by atoms with E-state index in [1.807, 2.05) is 30.4 Å². The number of hydrogen-bond donors (Lipinski definition) is 0. The summed E-state index contributed by atoms with van der Waals surface area (Å²) in [6.07, 6.45) is 6.60. The fourth-order valence-corrected chi connectivity index (χ4v) is 5.14. The van der Waals surface area contributed by atoms with E-state index in [4.69, 9.17) is 9.47 Å². The number of rotatable bonds is 5. The fraction of sp³-hybridized carbons (Fsp3) is 0.353. The first-order valence-corrected chi connectivity index (χ1v) is 10.5. The van der Waals surface area contributed by atoms with Gasteiger partial charge in [0.15, 0.2) is 11.5 Å². The molecule has 1 aliphatic heterocycles. The van der Waals surface area contributed by atoms with Crippen molar-refractivity contribution in [1.29, 1.82) is 0 Å². The van der Waals surface area contributed by atoms with Crippen molar-refractivity contribution < 1.29 is 17.9 Å². The highest BCUT2D eigenvalue weighted by molar-refractivity contribution is 7.92. The summed E-state index contributed by atoms with van der Waals surface area (Å²) in [5.74, 6) is 1.31. The maximum absolute atomic E-state index is 11.9. The smallest absolute Gasteiger partial charge is 0.232 e. The molecule has 0 N–H and O–H groups in total. The Kier molecular flexibility index (Phi) is 5.01. The normalized spacial score (nSPS) is 14.6. The van der Waals surface area contributed by atoms with Crippen molar-refractivity contribution in [2.75, 3.05) is 31.3 Å². The Morgan fingerprint density at radius 2 is 2.04 bits per heavy atom. The summed E-state index contributed by atoms with van der Waals surface area (Å²) < 4.78 is 36.1. The summed E-state index contributed by atoms with van der Waals surface area (Å²) in [7, 11) is -0.0739. The molecule has 2 aromatic rings. The molecule has 134 valence electrons. The molecule has 0 unspecified atom stereocenters. The lowest BCUT2D eigenvalue weighted by atomic mass is 10.1. The van der Waals surface area contributed by atoms with Crippen LogP contribution in [0.2, 0.25) is 0 Å². The maximum atomic E-state index is 11.9. The molecule has 6 nitrogen and oxygen atoms in total. The standard InChI is InChI=1S/C17H20N2O4S2/c1-22-14-8-4-6-12(16(14)23-2)9-10-15-18-13-7-5-11-19(17(13)24-15)25(3,20)21/h4,6,8-10H,5,7,11H2,1-3H3/b10-9+. The van der Waals surface area contributed by atoms with Crippen LogP contribution in [0.4, 0.5) is 5.00 Å². The maximum Gasteiger partial charge on any atom is 0.232 e. The van der Waals surface area contributed by atoms with E-state index in [0.717, 1.165) is 34.1 Å². The summed E-state index contributed by atoms with van der Waals surface area (Å²) >= 11 is 1.39. The average Bonchev–Trinajstić information content (AvgIpc) is 3.01. The van der Waals surface area contributed by atoms with Gasteiger partial charge >= 0.3 is 0 Å². The minimum absolute atomic E-state index is 0.515. The van der Waals surface area contributed by atoms with Gasteiger partial charge in [-0.3, -0.25) is 4.31 Å². The van der Waals surface area contributed by atoms with Gasteiger partial charge in [0.05, 0.1) is 26.2 Å². The van der Waals surface area contributed by atoms with Gasteiger partial charge in [0, 0.05) is 12.1 Å². The minimum Gasteiger partial charge on any atom is -0.493 e. The second-order valence-electron chi connectivity index (χ2n) is 5.66. The molecule has 0 spiro atoms. The molecule has 25 heavy (non-hydrogen) atoms. The lowest BCUT2D eigenvalue weighted by Gasteiger charge is -2.24. The van der Waals surface area contributed by atoms with Crippen molar-refractivity contribution in [2.24, 2.45) is 0 Å². The Bertz CT molecular complexity index is 903. The molecule has 1 aliphatic rings. The van der Waals surface area contributed by atoms with Crippen LogP contribution in [0.3, 0.4) is 0 Å². The van der Waals surface area contributed by atoms with Crippen LogP contribution in [0.5, 0.6) is 11.5 Å². The molecule has 0 atom stereocenters. The second kappa shape index (κ2) is 7.05. The Balaban J connectivity index is 1.93. The molecule has 1 aromatic carbocycles. The van der Waals surface area contributed by atoms with E-state index in [1.165, 1.54) is 21.9 Å². The number of benzene rings is 1. The van der Waals surface area contributed by atoms with E-state index in [9.17, 15) is 8.42 Å². The van der Waals surface area contributed by atoms with Gasteiger partial charge in [0.1, 0.15) is 10.0 Å². The zero-order valence-electron chi connectivity index (χ0n) is 14.4. The predicted molar refractivity (Wildman–Crippen MR) is 101 cm³/mol. The quantitative estimate of drug-likeness (QED) is 0.797. The first kappa shape index (κ1) is 17.8. The highest BCUT2D eigenvalue weighted by Crippen LogP contribution is 2.36. The molecule has 8 heteroatoms. The van der Waals surface area contributed by atoms with Crippen molar-refractivity contribution in [3.8, 4) is 11.5 Å². The molecule has 2 heterocycles. The van der Waals surface area contributed by atoms with Gasteiger partial charge in [-0.1, -0.05) is 23.5 Å². The zero-order valence-corrected chi connectivity index (χ0v) is 16.0. The predicted octanol–water partition coefficient (Wildman–Crippen LogP) is 3.04. The number of fused-ring (bicyclic) bond motifs is 1. The largest absolute Gasteiger partial charge is 0.493 e. The van der Waals surface area contributed by atoms with Gasteiger partial charge in [-0.15, -0.1) is 0 Å². The van der Waals surface area contributed by atoms with Crippen LogP contribution in [-0.4, -0.2) is 40.4 Å². The van der Waals surface area contributed by atoms with Gasteiger partial charge in [-0.25, -0.2) is 13.4 Å². The van der Waals surface area contributed by atoms with Crippen molar-refractivity contribution in [1.82, 2.24) is 4.98 Å². The Hall–Kier alpha value is -2.06. The summed E-state index contributed by atoms with van der Waals surface area (Å²) in [4.78, 5) is 4.58. The number of para-hydroxylation sites is 1. The SMILES string of the molecule is COc1cccc(/C=C/c2nc3c(s2)N(S(C)(=O)=O)CCC3)c1OC. The third-order valence-electron chi connectivity index (χ3n) is 3.93. The molecule has 1 aromatic heterocycles. The van der Waals surface area contributed by atoms with Crippen LogP contribution in [0.25, 0.3) is 12.2 Å². The molecule has 0 aliphatic carbocycles. The molecular weight excluding hydrogens is 360 g/mol. The summed E-state index contributed by atoms with van der Waals surface area (Å²) in [6, 6.07) is 5.65. The topological polar surface area (TPSA) is 68.7 Å². The van der Waals surface area contributed by atoms with Crippen molar-refractivity contribution >= 4 is 38.5 Å². The molecule has 0 amide bonds. The van der Waals surface area contributed by atoms with E-state index in [1.54, 1.807) is 14.2 Å². The van der Waals surface area contributed by atoms with Crippen LogP contribution in [0.1, 0.15) is 22.7 Å². The molecule has 0 saturated heterocycles. The first-order chi connectivity index (χ1) is 11.9. The number of aromatic nitrogens is 1. The second-order valence-corrected chi connectivity index (χ2v) is 8.57.